The first kappa shape index (κ1) is 18.3. The summed E-state index contributed by atoms with van der Waals surface area (Å²) in [5.74, 6) is -1.55. The van der Waals surface area contributed by atoms with Crippen LogP contribution in [0.3, 0.4) is 0 Å². The maximum atomic E-state index is 12.5. The lowest BCUT2D eigenvalue weighted by Crippen LogP contribution is -2.21. The Bertz CT molecular complexity index is 831. The molecule has 2 aromatic rings. The number of urea groups is 1. The molecular weight excluding hydrogens is 361 g/mol. The van der Waals surface area contributed by atoms with E-state index >= 15 is 0 Å². The maximum absolute atomic E-state index is 12.5. The average molecular weight is 372 g/mol. The van der Waals surface area contributed by atoms with Crippen molar-refractivity contribution < 1.29 is 27.6 Å². The number of thiophene rings is 1. The van der Waals surface area contributed by atoms with Crippen LogP contribution in [-0.2, 0) is 6.18 Å². The zero-order chi connectivity index (χ0) is 18.8. The van der Waals surface area contributed by atoms with E-state index in [2.05, 4.69) is 10.6 Å². The summed E-state index contributed by atoms with van der Waals surface area (Å²) < 4.78 is 37.5. The van der Waals surface area contributed by atoms with E-state index in [-0.39, 0.29) is 21.1 Å². The quantitative estimate of drug-likeness (QED) is 0.659. The molecule has 0 aliphatic heterocycles. The van der Waals surface area contributed by atoms with Crippen molar-refractivity contribution in [3.05, 3.63) is 47.0 Å². The number of hydrogen-bond acceptors (Lipinski definition) is 4. The van der Waals surface area contributed by atoms with Crippen molar-refractivity contribution in [2.45, 2.75) is 6.18 Å². The minimum Gasteiger partial charge on any atom is -0.366 e. The number of carbonyl (C=O) groups excluding carboxylic acids is 3. The van der Waals surface area contributed by atoms with Crippen LogP contribution in [0.4, 0.5) is 28.0 Å². The summed E-state index contributed by atoms with van der Waals surface area (Å²) >= 11 is 0.822. The molecule has 1 aromatic carbocycles. The Morgan fingerprint density at radius 1 is 1.00 bits per heavy atom. The second-order valence-corrected chi connectivity index (χ2v) is 5.79. The van der Waals surface area contributed by atoms with Gasteiger partial charge in [0.15, 0.2) is 0 Å². The predicted molar refractivity (Wildman–Crippen MR) is 85.4 cm³/mol. The monoisotopic (exact) mass is 372 g/mol. The lowest BCUT2D eigenvalue weighted by atomic mass is 10.1. The van der Waals surface area contributed by atoms with E-state index in [1.54, 1.807) is 0 Å². The largest absolute Gasteiger partial charge is 0.416 e. The molecule has 0 bridgehead atoms. The molecule has 6 N–H and O–H groups in total. The number of rotatable bonds is 4. The van der Waals surface area contributed by atoms with Crippen LogP contribution in [0.15, 0.2) is 30.3 Å². The van der Waals surface area contributed by atoms with E-state index in [4.69, 9.17) is 11.5 Å². The van der Waals surface area contributed by atoms with Gasteiger partial charge in [-0.05, 0) is 30.3 Å². The maximum Gasteiger partial charge on any atom is 0.416 e. The molecule has 132 valence electrons. The zero-order valence-electron chi connectivity index (χ0n) is 12.3. The summed E-state index contributed by atoms with van der Waals surface area (Å²) in [6, 6.07) is 3.88. The highest BCUT2D eigenvalue weighted by molar-refractivity contribution is 7.20. The van der Waals surface area contributed by atoms with Gasteiger partial charge in [0.2, 0.25) is 0 Å². The van der Waals surface area contributed by atoms with Gasteiger partial charge in [0, 0.05) is 5.56 Å². The number of hydrogen-bond donors (Lipinski definition) is 4. The van der Waals surface area contributed by atoms with Crippen LogP contribution in [0.2, 0.25) is 0 Å². The molecule has 1 heterocycles. The van der Waals surface area contributed by atoms with Gasteiger partial charge in [-0.3, -0.25) is 14.9 Å². The molecule has 1 aromatic heterocycles. The summed E-state index contributed by atoms with van der Waals surface area (Å²) in [6.07, 6.45) is -4.51. The van der Waals surface area contributed by atoms with E-state index in [1.807, 2.05) is 0 Å². The Labute approximate surface area is 142 Å². The smallest absolute Gasteiger partial charge is 0.366 e. The van der Waals surface area contributed by atoms with Gasteiger partial charge in [0.25, 0.3) is 11.8 Å². The van der Waals surface area contributed by atoms with Crippen molar-refractivity contribution in [2.75, 3.05) is 10.6 Å². The Balaban J connectivity index is 2.20. The highest BCUT2D eigenvalue weighted by Gasteiger charge is 2.30. The fourth-order valence-electron chi connectivity index (χ4n) is 1.84. The van der Waals surface area contributed by atoms with E-state index in [0.29, 0.717) is 0 Å². The van der Waals surface area contributed by atoms with Gasteiger partial charge in [0.05, 0.1) is 16.1 Å². The van der Waals surface area contributed by atoms with Crippen molar-refractivity contribution >= 4 is 39.2 Å². The lowest BCUT2D eigenvalue weighted by Gasteiger charge is -2.07. The minimum atomic E-state index is -4.51. The third-order valence-corrected chi connectivity index (χ3v) is 3.91. The molecule has 11 heteroatoms. The minimum absolute atomic E-state index is 0.0218. The topological polar surface area (TPSA) is 127 Å². The highest BCUT2D eigenvalue weighted by Crippen LogP contribution is 2.32. The molecule has 2 rings (SSSR count). The Morgan fingerprint density at radius 2 is 1.60 bits per heavy atom. The molecule has 7 nitrogen and oxygen atoms in total. The lowest BCUT2D eigenvalue weighted by molar-refractivity contribution is -0.137. The zero-order valence-corrected chi connectivity index (χ0v) is 13.1. The molecular formula is C14H11F3N4O3S. The highest BCUT2D eigenvalue weighted by atomic mass is 32.1. The Hall–Kier alpha value is -3.08. The molecule has 0 aliphatic rings. The molecule has 0 unspecified atom stereocenters. The molecule has 0 fully saturated rings. The van der Waals surface area contributed by atoms with Crippen molar-refractivity contribution in [1.82, 2.24) is 0 Å². The standard InChI is InChI=1S/C14H11F3N4O3S/c15-14(16,17)7-3-1-6(2-4-7)11(23)20-9-5-8(10(18)22)12(25-9)21-13(19)24/h1-5H,(H2,18,22)(H,20,23)(H3,19,21,24). The van der Waals surface area contributed by atoms with Crippen molar-refractivity contribution in [3.8, 4) is 0 Å². The Kier molecular flexibility index (Phi) is 4.97. The van der Waals surface area contributed by atoms with Crippen molar-refractivity contribution in [2.24, 2.45) is 11.5 Å². The summed E-state index contributed by atoms with van der Waals surface area (Å²) in [5, 5.41) is 4.80. The summed E-state index contributed by atoms with van der Waals surface area (Å²) in [4.78, 5) is 34.3. The molecule has 25 heavy (non-hydrogen) atoms. The molecule has 0 radical (unpaired) electrons. The first-order chi connectivity index (χ1) is 11.6. The van der Waals surface area contributed by atoms with Crippen LogP contribution < -0.4 is 22.1 Å². The third-order valence-electron chi connectivity index (χ3n) is 2.95. The van der Waals surface area contributed by atoms with Gasteiger partial charge >= 0.3 is 12.2 Å². The van der Waals surface area contributed by atoms with Gasteiger partial charge < -0.3 is 16.8 Å². The second-order valence-electron chi connectivity index (χ2n) is 4.74. The number of nitrogens with two attached hydrogens (primary N) is 2. The Morgan fingerprint density at radius 3 is 2.08 bits per heavy atom. The number of halogens is 3. The van der Waals surface area contributed by atoms with Crippen molar-refractivity contribution in [1.29, 1.82) is 0 Å². The third kappa shape index (κ3) is 4.47. The summed E-state index contributed by atoms with van der Waals surface area (Å²) in [6.45, 7) is 0. The first-order valence-corrected chi connectivity index (χ1v) is 7.38. The van der Waals surface area contributed by atoms with Crippen LogP contribution in [0, 0.1) is 0 Å². The van der Waals surface area contributed by atoms with Crippen LogP contribution in [0.5, 0.6) is 0 Å². The number of benzene rings is 1. The molecule has 0 aliphatic carbocycles. The van der Waals surface area contributed by atoms with Gasteiger partial charge in [-0.15, -0.1) is 0 Å². The fraction of sp³-hybridized carbons (Fsp3) is 0.0714. The SMILES string of the molecule is NC(=O)Nc1sc(NC(=O)c2ccc(C(F)(F)F)cc2)cc1C(N)=O. The van der Waals surface area contributed by atoms with Crippen LogP contribution >= 0.6 is 11.3 Å². The van der Waals surface area contributed by atoms with Gasteiger partial charge in [0.1, 0.15) is 5.00 Å². The number of nitrogens with one attached hydrogen (secondary N) is 2. The summed E-state index contributed by atoms with van der Waals surface area (Å²) in [7, 11) is 0. The van der Waals surface area contributed by atoms with Gasteiger partial charge in [-0.1, -0.05) is 11.3 Å². The first-order valence-electron chi connectivity index (χ1n) is 6.56. The molecule has 0 atom stereocenters. The van der Waals surface area contributed by atoms with Crippen LogP contribution in [-0.4, -0.2) is 17.8 Å². The van der Waals surface area contributed by atoms with Gasteiger partial charge in [-0.25, -0.2) is 4.79 Å². The number of anilines is 2. The molecule has 0 saturated carbocycles. The molecule has 4 amide bonds. The fourth-order valence-corrected chi connectivity index (χ4v) is 2.80. The van der Waals surface area contributed by atoms with Gasteiger partial charge in [-0.2, -0.15) is 13.2 Å². The molecule has 0 spiro atoms. The van der Waals surface area contributed by atoms with E-state index < -0.39 is 29.6 Å². The van der Waals surface area contributed by atoms with E-state index in [0.717, 1.165) is 35.6 Å². The van der Waals surface area contributed by atoms with Crippen LogP contribution in [0.25, 0.3) is 0 Å². The predicted octanol–water partition coefficient (Wildman–Crippen LogP) is 2.61. The number of primary amides is 2. The normalized spacial score (nSPS) is 11.0. The van der Waals surface area contributed by atoms with Crippen LogP contribution in [0.1, 0.15) is 26.3 Å². The number of amides is 4. The van der Waals surface area contributed by atoms with E-state index in [1.165, 1.54) is 6.07 Å². The average Bonchev–Trinajstić information content (AvgIpc) is 2.88. The van der Waals surface area contributed by atoms with Crippen molar-refractivity contribution in [3.63, 3.8) is 0 Å². The number of alkyl halides is 3. The summed E-state index contributed by atoms with van der Waals surface area (Å²) in [5.41, 5.74) is 9.16. The second kappa shape index (κ2) is 6.81. The molecule has 0 saturated heterocycles. The van der Waals surface area contributed by atoms with E-state index in [9.17, 15) is 27.6 Å². The number of carbonyl (C=O) groups is 3.